The molecule has 0 aromatic carbocycles. The first-order valence-corrected chi connectivity index (χ1v) is 7.84. The molecular weight excluding hydrogens is 224 g/mol. The van der Waals surface area contributed by atoms with E-state index < -0.39 is 0 Å². The zero-order valence-corrected chi connectivity index (χ0v) is 11.9. The van der Waals surface area contributed by atoms with Crippen molar-refractivity contribution in [3.63, 3.8) is 0 Å². The molecule has 0 aromatic heterocycles. The zero-order chi connectivity index (χ0) is 12.8. The van der Waals surface area contributed by atoms with Gasteiger partial charge in [0.15, 0.2) is 0 Å². The normalized spacial score (nSPS) is 27.7. The first kappa shape index (κ1) is 14.3. The molecule has 0 aromatic rings. The highest BCUT2D eigenvalue weighted by Crippen LogP contribution is 2.39. The van der Waals surface area contributed by atoms with Gasteiger partial charge in [0.1, 0.15) is 0 Å². The number of hydrogen-bond acceptors (Lipinski definition) is 3. The Bertz CT molecular complexity index is 231. The maximum absolute atomic E-state index is 6.02. The molecule has 0 aliphatic heterocycles. The zero-order valence-electron chi connectivity index (χ0n) is 11.9. The highest BCUT2D eigenvalue weighted by Gasteiger charge is 2.42. The van der Waals surface area contributed by atoms with E-state index in [1.54, 1.807) is 0 Å². The van der Waals surface area contributed by atoms with Gasteiger partial charge in [-0.05, 0) is 31.6 Å². The average molecular weight is 254 g/mol. The molecule has 2 saturated carbocycles. The fourth-order valence-corrected chi connectivity index (χ4v) is 4.15. The van der Waals surface area contributed by atoms with E-state index in [-0.39, 0.29) is 5.60 Å². The minimum absolute atomic E-state index is 0.00669. The van der Waals surface area contributed by atoms with Crippen LogP contribution in [0.1, 0.15) is 70.6 Å². The van der Waals surface area contributed by atoms with Crippen molar-refractivity contribution < 1.29 is 4.74 Å². The molecule has 3 N–H and O–H groups in total. The summed E-state index contributed by atoms with van der Waals surface area (Å²) in [5.41, 5.74) is 3.13. The fourth-order valence-electron chi connectivity index (χ4n) is 4.15. The van der Waals surface area contributed by atoms with Gasteiger partial charge in [0.2, 0.25) is 0 Å². The van der Waals surface area contributed by atoms with Crippen LogP contribution in [-0.4, -0.2) is 18.8 Å². The summed E-state index contributed by atoms with van der Waals surface area (Å²) >= 11 is 0. The summed E-state index contributed by atoms with van der Waals surface area (Å²) in [7, 11) is 1.89. The number of hydrogen-bond donors (Lipinski definition) is 2. The van der Waals surface area contributed by atoms with Crippen LogP contribution in [0.25, 0.3) is 0 Å². The molecule has 2 aliphatic rings. The second-order valence-electron chi connectivity index (χ2n) is 6.23. The summed E-state index contributed by atoms with van der Waals surface area (Å²) in [5, 5.41) is 0. The van der Waals surface area contributed by atoms with Crippen LogP contribution in [0.5, 0.6) is 0 Å². The van der Waals surface area contributed by atoms with E-state index >= 15 is 0 Å². The Morgan fingerprint density at radius 2 is 1.56 bits per heavy atom. The lowest BCUT2D eigenvalue weighted by atomic mass is 9.74. The number of nitrogens with one attached hydrogen (secondary N) is 1. The van der Waals surface area contributed by atoms with Gasteiger partial charge in [-0.25, -0.2) is 0 Å². The molecular formula is C15H30N2O. The third kappa shape index (κ3) is 3.06. The van der Waals surface area contributed by atoms with E-state index in [2.05, 4.69) is 5.43 Å². The predicted octanol–water partition coefficient (Wildman–Crippen LogP) is 3.14. The van der Waals surface area contributed by atoms with Gasteiger partial charge in [0.05, 0.1) is 11.6 Å². The van der Waals surface area contributed by atoms with Crippen LogP contribution < -0.4 is 11.3 Å². The molecule has 3 heteroatoms. The smallest absolute Gasteiger partial charge is 0.0847 e. The SMILES string of the molecule is COC1(C(NN)C2CCCCC2)CCCCCC1. The fraction of sp³-hybridized carbons (Fsp3) is 1.00. The number of rotatable bonds is 4. The van der Waals surface area contributed by atoms with Gasteiger partial charge in [-0.1, -0.05) is 44.9 Å². The van der Waals surface area contributed by atoms with Crippen LogP contribution in [0.2, 0.25) is 0 Å². The van der Waals surface area contributed by atoms with E-state index in [4.69, 9.17) is 10.6 Å². The summed E-state index contributed by atoms with van der Waals surface area (Å²) in [4.78, 5) is 0. The molecule has 3 nitrogen and oxygen atoms in total. The molecule has 2 fully saturated rings. The van der Waals surface area contributed by atoms with Crippen molar-refractivity contribution >= 4 is 0 Å². The molecule has 2 rings (SSSR count). The van der Waals surface area contributed by atoms with Crippen molar-refractivity contribution in [2.75, 3.05) is 7.11 Å². The Balaban J connectivity index is 2.10. The maximum atomic E-state index is 6.02. The molecule has 1 atom stereocenters. The Kier molecular flexibility index (Phi) is 5.46. The first-order valence-electron chi connectivity index (χ1n) is 7.84. The first-order chi connectivity index (χ1) is 8.82. The monoisotopic (exact) mass is 254 g/mol. The van der Waals surface area contributed by atoms with Gasteiger partial charge in [0.25, 0.3) is 0 Å². The third-order valence-electron chi connectivity index (χ3n) is 5.22. The standard InChI is InChI=1S/C15H30N2O/c1-18-15(11-7-2-3-8-12-15)14(17-16)13-9-5-4-6-10-13/h13-14,17H,2-12,16H2,1H3. The lowest BCUT2D eigenvalue weighted by Gasteiger charge is -2.44. The molecule has 0 radical (unpaired) electrons. The van der Waals surface area contributed by atoms with Crippen molar-refractivity contribution in [3.05, 3.63) is 0 Å². The van der Waals surface area contributed by atoms with E-state index in [0.29, 0.717) is 12.0 Å². The molecule has 106 valence electrons. The average Bonchev–Trinajstić information content (AvgIpc) is 2.67. The summed E-state index contributed by atoms with van der Waals surface area (Å²) in [6.45, 7) is 0. The van der Waals surface area contributed by atoms with E-state index in [0.717, 1.165) is 0 Å². The summed E-state index contributed by atoms with van der Waals surface area (Å²) < 4.78 is 6.02. The minimum Gasteiger partial charge on any atom is -0.377 e. The number of methoxy groups -OCH3 is 1. The topological polar surface area (TPSA) is 47.3 Å². The van der Waals surface area contributed by atoms with Crippen LogP contribution in [0.15, 0.2) is 0 Å². The van der Waals surface area contributed by atoms with Gasteiger partial charge >= 0.3 is 0 Å². The van der Waals surface area contributed by atoms with Gasteiger partial charge in [-0.2, -0.15) is 0 Å². The minimum atomic E-state index is -0.00669. The van der Waals surface area contributed by atoms with Crippen molar-refractivity contribution in [1.29, 1.82) is 0 Å². The van der Waals surface area contributed by atoms with Crippen molar-refractivity contribution in [3.8, 4) is 0 Å². The molecule has 2 aliphatic carbocycles. The number of hydrazine groups is 1. The van der Waals surface area contributed by atoms with Crippen LogP contribution in [0, 0.1) is 5.92 Å². The summed E-state index contributed by atoms with van der Waals surface area (Å²) in [6, 6.07) is 0.348. The summed E-state index contributed by atoms with van der Waals surface area (Å²) in [6.07, 6.45) is 14.4. The molecule has 0 heterocycles. The molecule has 0 saturated heterocycles. The lowest BCUT2D eigenvalue weighted by Crippen LogP contribution is -2.58. The Hall–Kier alpha value is -0.120. The maximum Gasteiger partial charge on any atom is 0.0847 e. The Labute approximate surface area is 112 Å². The van der Waals surface area contributed by atoms with Crippen LogP contribution in [0.3, 0.4) is 0 Å². The van der Waals surface area contributed by atoms with E-state index in [1.165, 1.54) is 70.6 Å². The lowest BCUT2D eigenvalue weighted by molar-refractivity contribution is -0.0720. The quantitative estimate of drug-likeness (QED) is 0.460. The Morgan fingerprint density at radius 1 is 1.00 bits per heavy atom. The predicted molar refractivity (Wildman–Crippen MR) is 75.1 cm³/mol. The highest BCUT2D eigenvalue weighted by molar-refractivity contribution is 4.97. The highest BCUT2D eigenvalue weighted by atomic mass is 16.5. The summed E-state index contributed by atoms with van der Waals surface area (Å²) in [5.74, 6) is 6.63. The van der Waals surface area contributed by atoms with Crippen molar-refractivity contribution in [1.82, 2.24) is 5.43 Å². The van der Waals surface area contributed by atoms with Crippen molar-refractivity contribution in [2.45, 2.75) is 82.3 Å². The molecule has 1 unspecified atom stereocenters. The van der Waals surface area contributed by atoms with Crippen LogP contribution >= 0.6 is 0 Å². The van der Waals surface area contributed by atoms with Crippen LogP contribution in [0.4, 0.5) is 0 Å². The number of ether oxygens (including phenoxy) is 1. The molecule has 0 amide bonds. The van der Waals surface area contributed by atoms with E-state index in [9.17, 15) is 0 Å². The van der Waals surface area contributed by atoms with Gasteiger partial charge in [-0.3, -0.25) is 11.3 Å². The van der Waals surface area contributed by atoms with Gasteiger partial charge in [-0.15, -0.1) is 0 Å². The van der Waals surface area contributed by atoms with Crippen molar-refractivity contribution in [2.24, 2.45) is 11.8 Å². The van der Waals surface area contributed by atoms with Gasteiger partial charge in [0, 0.05) is 7.11 Å². The second-order valence-corrected chi connectivity index (χ2v) is 6.23. The Morgan fingerprint density at radius 3 is 2.06 bits per heavy atom. The largest absolute Gasteiger partial charge is 0.377 e. The van der Waals surface area contributed by atoms with Crippen LogP contribution in [-0.2, 0) is 4.74 Å². The van der Waals surface area contributed by atoms with Gasteiger partial charge < -0.3 is 4.74 Å². The molecule has 18 heavy (non-hydrogen) atoms. The molecule has 0 spiro atoms. The molecule has 0 bridgehead atoms. The van der Waals surface area contributed by atoms with E-state index in [1.807, 2.05) is 7.11 Å². The number of nitrogens with two attached hydrogens (primary N) is 1. The third-order valence-corrected chi connectivity index (χ3v) is 5.22. The second kappa shape index (κ2) is 6.88.